The number of hydrogen-bond donors (Lipinski definition) is 0. The van der Waals surface area contributed by atoms with Gasteiger partial charge in [0.15, 0.2) is 0 Å². The van der Waals surface area contributed by atoms with Crippen molar-refractivity contribution in [2.45, 2.75) is 36.3 Å². The molecule has 0 bridgehead atoms. The molecule has 322 valence electrons. The monoisotopic (exact) mass is 880 g/mol. The van der Waals surface area contributed by atoms with Gasteiger partial charge in [-0.25, -0.2) is 13.8 Å². The molecule has 1 aromatic heterocycles. The number of hydrogen-bond acceptors (Lipinski definition) is 1. The Hall–Kier alpha value is -7.02. The lowest BCUT2D eigenvalue weighted by Crippen LogP contribution is -2.61. The normalized spacial score (nSPS) is 13.3. The van der Waals surface area contributed by atoms with Gasteiger partial charge >= 0.3 is 30.4 Å². The smallest absolute Gasteiger partial charge is 0.292 e. The van der Waals surface area contributed by atoms with Crippen molar-refractivity contribution in [2.24, 2.45) is 0 Å². The van der Waals surface area contributed by atoms with Gasteiger partial charge in [-0.2, -0.15) is 39.5 Å². The molecule has 9 rings (SSSR count). The van der Waals surface area contributed by atoms with Crippen LogP contribution in [0.4, 0.5) is 48.3 Å². The average molecular weight is 881 g/mol. The molecule has 0 aliphatic rings. The predicted octanol–water partition coefficient (Wildman–Crippen LogP) is 15.8. The second-order valence-corrected chi connectivity index (χ2v) is 15.3. The molecule has 8 aromatic carbocycles. The molecular weight excluding hydrogens is 850 g/mol. The fraction of sp³-hybridized carbons (Fsp3) is 0.118. The summed E-state index contributed by atoms with van der Waals surface area (Å²) in [5, 5.41) is 3.69. The molecule has 0 N–H and O–H groups in total. The van der Waals surface area contributed by atoms with Crippen molar-refractivity contribution in [1.82, 2.24) is 9.55 Å². The Morgan fingerprint density at radius 2 is 0.875 bits per heavy atom. The number of fused-ring (bicyclic) bond motifs is 3. The molecule has 9 aromatic rings. The highest BCUT2D eigenvalue weighted by molar-refractivity contribution is 6.21. The van der Waals surface area contributed by atoms with Crippen molar-refractivity contribution in [2.75, 3.05) is 0 Å². The second kappa shape index (κ2) is 15.7. The summed E-state index contributed by atoms with van der Waals surface area (Å²) >= 11 is 0. The maximum atomic E-state index is 15.2. The first kappa shape index (κ1) is 42.3. The van der Waals surface area contributed by atoms with E-state index in [4.69, 9.17) is 0 Å². The first-order chi connectivity index (χ1) is 30.5. The molecular formula is C51H31F11N2. The number of para-hydroxylation sites is 1. The molecule has 0 fully saturated rings. The Balaban J connectivity index is 1.23. The molecule has 2 nitrogen and oxygen atoms in total. The average Bonchev–Trinajstić information content (AvgIpc) is 3.67. The lowest BCUT2D eigenvalue weighted by molar-refractivity contribution is -0.361. The van der Waals surface area contributed by atoms with Crippen LogP contribution in [0.15, 0.2) is 176 Å². The second-order valence-electron chi connectivity index (χ2n) is 15.3. The van der Waals surface area contributed by atoms with Gasteiger partial charge in [-0.3, -0.25) is 4.57 Å². The fourth-order valence-electron chi connectivity index (χ4n) is 8.50. The minimum atomic E-state index is -7.11. The van der Waals surface area contributed by atoms with Crippen LogP contribution in [0.5, 0.6) is 0 Å². The van der Waals surface area contributed by atoms with Gasteiger partial charge in [0.25, 0.3) is 0 Å². The Kier molecular flexibility index (Phi) is 10.3. The Labute approximate surface area is 357 Å². The highest BCUT2D eigenvalue weighted by atomic mass is 19.4. The number of imidazole rings is 1. The summed E-state index contributed by atoms with van der Waals surface area (Å²) < 4.78 is 158. The topological polar surface area (TPSA) is 17.8 Å². The Bertz CT molecular complexity index is 3120. The summed E-state index contributed by atoms with van der Waals surface area (Å²) in [5.41, 5.74) is 4.54. The molecule has 0 radical (unpaired) electrons. The third-order valence-corrected chi connectivity index (χ3v) is 11.4. The van der Waals surface area contributed by atoms with Gasteiger partial charge in [0.2, 0.25) is 0 Å². The van der Waals surface area contributed by atoms with Gasteiger partial charge in [0, 0.05) is 11.3 Å². The third kappa shape index (κ3) is 6.94. The molecule has 0 saturated carbocycles. The first-order valence-electron chi connectivity index (χ1n) is 19.8. The van der Waals surface area contributed by atoms with E-state index in [9.17, 15) is 39.5 Å². The molecule has 0 aliphatic carbocycles. The molecule has 1 unspecified atom stereocenters. The van der Waals surface area contributed by atoms with Crippen molar-refractivity contribution in [3.05, 3.63) is 181 Å². The van der Waals surface area contributed by atoms with E-state index in [1.54, 1.807) is 42.5 Å². The summed E-state index contributed by atoms with van der Waals surface area (Å²) in [5.74, 6) is -25.2. The summed E-state index contributed by atoms with van der Waals surface area (Å²) in [7, 11) is 0. The zero-order chi connectivity index (χ0) is 45.2. The summed E-state index contributed by atoms with van der Waals surface area (Å²) in [6, 6.07) is 51.3. The van der Waals surface area contributed by atoms with E-state index in [0.717, 1.165) is 55.4 Å². The predicted molar refractivity (Wildman–Crippen MR) is 227 cm³/mol. The van der Waals surface area contributed by atoms with Crippen LogP contribution in [0.2, 0.25) is 0 Å². The van der Waals surface area contributed by atoms with Crippen LogP contribution < -0.4 is 0 Å². The van der Waals surface area contributed by atoms with Crippen LogP contribution in [-0.4, -0.2) is 39.9 Å². The van der Waals surface area contributed by atoms with Crippen molar-refractivity contribution in [3.63, 3.8) is 0 Å². The molecule has 0 spiro atoms. The lowest BCUT2D eigenvalue weighted by Gasteiger charge is -2.37. The number of alkyl halides is 11. The quantitative estimate of drug-likeness (QED) is 0.0988. The van der Waals surface area contributed by atoms with Crippen LogP contribution in [0.3, 0.4) is 0 Å². The molecule has 0 saturated heterocycles. The van der Waals surface area contributed by atoms with E-state index in [1.165, 1.54) is 4.57 Å². The van der Waals surface area contributed by atoms with Crippen molar-refractivity contribution < 1.29 is 48.3 Å². The van der Waals surface area contributed by atoms with Gasteiger partial charge in [0.05, 0.1) is 11.0 Å². The zero-order valence-corrected chi connectivity index (χ0v) is 32.9. The van der Waals surface area contributed by atoms with E-state index >= 15 is 8.78 Å². The number of benzene rings is 8. The van der Waals surface area contributed by atoms with Gasteiger partial charge in [-0.05, 0) is 96.9 Å². The van der Waals surface area contributed by atoms with Crippen LogP contribution in [0.25, 0.3) is 83.0 Å². The van der Waals surface area contributed by atoms with Crippen molar-refractivity contribution >= 4 is 32.6 Å². The SMILES string of the molecule is FC(F)C(F)(F)C(F)(F)C(F)(F)C(c1ccc2c(c1)nc(-c1cccc(-c3c4ccccc4c(-c4cccc(-c5ccccc5)c4)c4ccccc34)c1)n2-c1ccccc1)C(F)(F)F. The van der Waals surface area contributed by atoms with Crippen LogP contribution in [0.1, 0.15) is 11.5 Å². The third-order valence-electron chi connectivity index (χ3n) is 11.4. The lowest BCUT2D eigenvalue weighted by atomic mass is 9.85. The first-order valence-corrected chi connectivity index (χ1v) is 19.8. The summed E-state index contributed by atoms with van der Waals surface area (Å²) in [6.07, 6.45) is -11.7. The largest absolute Gasteiger partial charge is 0.401 e. The molecule has 13 heteroatoms. The maximum absolute atomic E-state index is 15.2. The number of aromatic nitrogens is 2. The molecule has 64 heavy (non-hydrogen) atoms. The van der Waals surface area contributed by atoms with Gasteiger partial charge in [-0.15, -0.1) is 0 Å². The molecule has 1 heterocycles. The van der Waals surface area contributed by atoms with E-state index < -0.39 is 47.4 Å². The highest BCUT2D eigenvalue weighted by Crippen LogP contribution is 2.58. The molecule has 1 atom stereocenters. The van der Waals surface area contributed by atoms with Crippen LogP contribution in [-0.2, 0) is 0 Å². The zero-order valence-electron chi connectivity index (χ0n) is 32.9. The molecule has 0 aliphatic heterocycles. The van der Waals surface area contributed by atoms with E-state index in [2.05, 4.69) is 17.1 Å². The summed E-state index contributed by atoms with van der Waals surface area (Å²) in [6.45, 7) is 0. The minimum Gasteiger partial charge on any atom is -0.292 e. The van der Waals surface area contributed by atoms with Crippen molar-refractivity contribution in [1.29, 1.82) is 0 Å². The standard InChI is InChI=1S/C51H31F11N2/c52-47(53)49(56,57)51(61,62)48(54,55)45(50(58,59)60)34-25-26-42-41(29-34)63-46(64(42)36-19-5-2-6-20-36)35-18-12-17-33(28-35)44-39-23-9-7-21-37(39)43(38-22-8-10-24-40(38)44)32-16-11-15-31(27-32)30-13-3-1-4-14-30/h1-29,45,47H. The van der Waals surface area contributed by atoms with Gasteiger partial charge < -0.3 is 0 Å². The van der Waals surface area contributed by atoms with Crippen molar-refractivity contribution in [3.8, 4) is 50.5 Å². The fourth-order valence-corrected chi connectivity index (χ4v) is 8.50. The van der Waals surface area contributed by atoms with E-state index in [-0.39, 0.29) is 11.3 Å². The Morgan fingerprint density at radius 1 is 0.422 bits per heavy atom. The van der Waals surface area contributed by atoms with Crippen LogP contribution >= 0.6 is 0 Å². The maximum Gasteiger partial charge on any atom is 0.401 e. The highest BCUT2D eigenvalue weighted by Gasteiger charge is 2.80. The number of nitrogens with zero attached hydrogens (tertiary/aromatic N) is 2. The van der Waals surface area contributed by atoms with Gasteiger partial charge in [-0.1, -0.05) is 140 Å². The minimum absolute atomic E-state index is 0.0437. The number of rotatable bonds is 10. The molecule has 0 amide bonds. The summed E-state index contributed by atoms with van der Waals surface area (Å²) in [4.78, 5) is 4.55. The Morgan fingerprint density at radius 3 is 1.39 bits per heavy atom. The van der Waals surface area contributed by atoms with E-state index in [0.29, 0.717) is 28.9 Å². The number of halogens is 11. The van der Waals surface area contributed by atoms with Crippen LogP contribution in [0, 0.1) is 0 Å². The van der Waals surface area contributed by atoms with E-state index in [1.807, 2.05) is 103 Å². The van der Waals surface area contributed by atoms with Gasteiger partial charge in [0.1, 0.15) is 11.7 Å².